The number of hydrogen-bond acceptors (Lipinski definition) is 5. The highest BCUT2D eigenvalue weighted by Gasteiger charge is 2.47. The van der Waals surface area contributed by atoms with Crippen molar-refractivity contribution >= 4 is 51.6 Å². The summed E-state index contributed by atoms with van der Waals surface area (Å²) in [4.78, 5) is 37.1. The van der Waals surface area contributed by atoms with Gasteiger partial charge in [0.15, 0.2) is 11.8 Å². The van der Waals surface area contributed by atoms with Crippen LogP contribution < -0.4 is 10.2 Å². The Morgan fingerprint density at radius 3 is 2.62 bits per heavy atom. The predicted octanol–water partition coefficient (Wildman–Crippen LogP) is 3.47. The molecule has 1 atom stereocenters. The zero-order chi connectivity index (χ0) is 19.7. The molecular weight excluding hydrogens is 428 g/mol. The average molecular weight is 448 g/mol. The van der Waals surface area contributed by atoms with E-state index in [-0.39, 0.29) is 13.0 Å². The average Bonchev–Trinajstić information content (AvgIpc) is 2.89. The van der Waals surface area contributed by atoms with Crippen molar-refractivity contribution in [1.82, 2.24) is 5.32 Å². The molecule has 1 aromatic rings. The maximum absolute atomic E-state index is 12.1. The summed E-state index contributed by atoms with van der Waals surface area (Å²) in [7, 11) is 0. The summed E-state index contributed by atoms with van der Waals surface area (Å²) in [6.45, 7) is 5.40. The number of carboxylic acid groups (broad SMARTS) is 1. The maximum Gasteiger partial charge on any atom is 0.408 e. The lowest BCUT2D eigenvalue weighted by atomic mass is 9.99. The molecule has 0 radical (unpaired) electrons. The third kappa shape index (κ3) is 4.48. The molecule has 1 aliphatic heterocycles. The molecule has 0 bridgehead atoms. The quantitative estimate of drug-likeness (QED) is 0.686. The number of carbonyl (C=O) groups is 3. The minimum Gasteiger partial charge on any atom is -0.479 e. The van der Waals surface area contributed by atoms with Crippen LogP contribution in [-0.2, 0) is 9.53 Å². The van der Waals surface area contributed by atoms with Crippen LogP contribution in [0.4, 0.5) is 10.5 Å². The summed E-state index contributed by atoms with van der Waals surface area (Å²) < 4.78 is 5.70. The molecule has 1 amide bonds. The number of hydrogen-bond donors (Lipinski definition) is 2. The van der Waals surface area contributed by atoms with E-state index in [0.717, 1.165) is 0 Å². The van der Waals surface area contributed by atoms with Crippen molar-refractivity contribution in [2.75, 3.05) is 18.0 Å². The lowest BCUT2D eigenvalue weighted by Gasteiger charge is -2.29. The first kappa shape index (κ1) is 20.5. The molecule has 0 spiro atoms. The monoisotopic (exact) mass is 446 g/mol. The van der Waals surface area contributed by atoms with Crippen LogP contribution in [0.3, 0.4) is 0 Å². The molecule has 1 aliphatic rings. The molecule has 2 N–H and O–H groups in total. The van der Waals surface area contributed by atoms with Gasteiger partial charge in [-0.15, -0.1) is 0 Å². The Morgan fingerprint density at radius 2 is 2.08 bits per heavy atom. The lowest BCUT2D eigenvalue weighted by Crippen LogP contribution is -2.57. The van der Waals surface area contributed by atoms with Crippen LogP contribution in [0.15, 0.2) is 16.6 Å². The zero-order valence-corrected chi connectivity index (χ0v) is 17.0. The second kappa shape index (κ2) is 7.44. The number of benzene rings is 1. The van der Waals surface area contributed by atoms with Crippen molar-refractivity contribution in [2.24, 2.45) is 0 Å². The van der Waals surface area contributed by atoms with E-state index >= 15 is 0 Å². The molecule has 1 aromatic carbocycles. The van der Waals surface area contributed by atoms with Gasteiger partial charge in [-0.3, -0.25) is 4.79 Å². The Hall–Kier alpha value is -1.80. The highest BCUT2D eigenvalue weighted by Crippen LogP contribution is 2.35. The minimum absolute atomic E-state index is 0.0187. The fraction of sp³-hybridized carbons (Fsp3) is 0.471. The van der Waals surface area contributed by atoms with Gasteiger partial charge in [-0.05, 0) is 48.8 Å². The molecule has 0 unspecified atom stereocenters. The number of nitrogens with one attached hydrogen (secondary N) is 1. The summed E-state index contributed by atoms with van der Waals surface area (Å²) in [6, 6.07) is 3.19. The van der Waals surface area contributed by atoms with Crippen molar-refractivity contribution in [3.63, 3.8) is 0 Å². The second-order valence-corrected chi connectivity index (χ2v) is 8.41. The Kier molecular flexibility index (Phi) is 5.87. The highest BCUT2D eigenvalue weighted by molar-refractivity contribution is 9.10. The van der Waals surface area contributed by atoms with Crippen LogP contribution >= 0.6 is 27.5 Å². The van der Waals surface area contributed by atoms with E-state index in [1.165, 1.54) is 0 Å². The van der Waals surface area contributed by atoms with Crippen LogP contribution in [0, 0.1) is 0 Å². The van der Waals surface area contributed by atoms with Gasteiger partial charge < -0.3 is 20.1 Å². The molecule has 7 nitrogen and oxygen atoms in total. The molecule has 1 fully saturated rings. The highest BCUT2D eigenvalue weighted by atomic mass is 79.9. The normalized spacial score (nSPS) is 20.0. The number of carbonyl (C=O) groups excluding carboxylic acids is 2. The Bertz CT molecular complexity index is 749. The number of anilines is 1. The minimum atomic E-state index is -1.52. The van der Waals surface area contributed by atoms with Gasteiger partial charge in [-0.25, -0.2) is 9.59 Å². The molecule has 2 rings (SSSR count). The van der Waals surface area contributed by atoms with Crippen LogP contribution in [0.5, 0.6) is 0 Å². The largest absolute Gasteiger partial charge is 0.479 e. The topological polar surface area (TPSA) is 95.9 Å². The molecule has 0 saturated carbocycles. The van der Waals surface area contributed by atoms with Gasteiger partial charge in [0.05, 0.1) is 12.1 Å². The number of alkyl carbamates (subject to hydrolysis) is 1. The summed E-state index contributed by atoms with van der Waals surface area (Å²) in [6.07, 6.45) is 0.0339. The molecule has 26 heavy (non-hydrogen) atoms. The van der Waals surface area contributed by atoms with E-state index in [0.29, 0.717) is 33.6 Å². The van der Waals surface area contributed by atoms with Crippen molar-refractivity contribution in [3.05, 3.63) is 27.2 Å². The summed E-state index contributed by atoms with van der Waals surface area (Å²) in [5.41, 5.74) is -1.39. The van der Waals surface area contributed by atoms with E-state index < -0.39 is 23.2 Å². The number of amides is 1. The first-order chi connectivity index (χ1) is 12.0. The molecule has 1 saturated heterocycles. The van der Waals surface area contributed by atoms with E-state index in [4.69, 9.17) is 16.3 Å². The number of carboxylic acids is 1. The van der Waals surface area contributed by atoms with Gasteiger partial charge in [0.2, 0.25) is 0 Å². The van der Waals surface area contributed by atoms with E-state index in [2.05, 4.69) is 21.2 Å². The molecule has 0 aromatic heterocycles. The van der Waals surface area contributed by atoms with E-state index in [1.54, 1.807) is 37.8 Å². The molecular formula is C17H20BrClN2O5. The number of aldehydes is 1. The van der Waals surface area contributed by atoms with Gasteiger partial charge in [-0.1, -0.05) is 11.6 Å². The van der Waals surface area contributed by atoms with Gasteiger partial charge in [-0.2, -0.15) is 0 Å². The Balaban J connectivity index is 2.29. The molecule has 9 heteroatoms. The standard InChI is InChI=1S/C17H20BrClN2O5/c1-16(2,3)26-15(25)20-17(14(23)24)4-5-21(9-17)13-7-10(19)6-12(18)11(13)8-22/h6-8H,4-5,9H2,1-3H3,(H,20,25)(H,23,24)/t17-/m1/s1. The van der Waals surface area contributed by atoms with E-state index in [1.807, 2.05) is 0 Å². The maximum atomic E-state index is 12.1. The number of ether oxygens (including phenoxy) is 1. The van der Waals surface area contributed by atoms with Gasteiger partial charge in [0, 0.05) is 28.1 Å². The van der Waals surface area contributed by atoms with Gasteiger partial charge in [0.1, 0.15) is 5.60 Å². The Labute approximate surface area is 164 Å². The SMILES string of the molecule is CC(C)(C)OC(=O)N[C@]1(C(=O)O)CCN(c2cc(Cl)cc(Br)c2C=O)C1. The molecule has 1 heterocycles. The first-order valence-corrected chi connectivity index (χ1v) is 9.08. The third-order valence-corrected chi connectivity index (χ3v) is 4.82. The van der Waals surface area contributed by atoms with Crippen molar-refractivity contribution < 1.29 is 24.2 Å². The van der Waals surface area contributed by atoms with Crippen molar-refractivity contribution in [1.29, 1.82) is 0 Å². The molecule has 142 valence electrons. The lowest BCUT2D eigenvalue weighted by molar-refractivity contribution is -0.143. The summed E-state index contributed by atoms with van der Waals surface area (Å²) in [5, 5.41) is 12.6. The third-order valence-electron chi connectivity index (χ3n) is 3.95. The van der Waals surface area contributed by atoms with Gasteiger partial charge in [0.25, 0.3) is 0 Å². The number of aliphatic carboxylic acids is 1. The number of nitrogens with zero attached hydrogens (tertiary/aromatic N) is 1. The fourth-order valence-electron chi connectivity index (χ4n) is 2.79. The number of halogens is 2. The molecule has 0 aliphatic carbocycles. The fourth-order valence-corrected chi connectivity index (χ4v) is 3.68. The van der Waals surface area contributed by atoms with Crippen LogP contribution in [0.1, 0.15) is 37.6 Å². The zero-order valence-electron chi connectivity index (χ0n) is 14.6. The summed E-state index contributed by atoms with van der Waals surface area (Å²) >= 11 is 9.36. The van der Waals surface area contributed by atoms with Gasteiger partial charge >= 0.3 is 12.1 Å². The second-order valence-electron chi connectivity index (χ2n) is 7.12. The smallest absolute Gasteiger partial charge is 0.408 e. The van der Waals surface area contributed by atoms with Crippen LogP contribution in [0.25, 0.3) is 0 Å². The van der Waals surface area contributed by atoms with E-state index in [9.17, 15) is 19.5 Å². The predicted molar refractivity (Wildman–Crippen MR) is 101 cm³/mol. The van der Waals surface area contributed by atoms with Crippen LogP contribution in [0.2, 0.25) is 5.02 Å². The Morgan fingerprint density at radius 1 is 1.42 bits per heavy atom. The first-order valence-electron chi connectivity index (χ1n) is 7.91. The van der Waals surface area contributed by atoms with Crippen molar-refractivity contribution in [2.45, 2.75) is 38.3 Å². The number of rotatable bonds is 4. The van der Waals surface area contributed by atoms with Crippen LogP contribution in [-0.4, -0.2) is 47.7 Å². The summed E-state index contributed by atoms with van der Waals surface area (Å²) in [5.74, 6) is -1.17. The van der Waals surface area contributed by atoms with Crippen molar-refractivity contribution in [3.8, 4) is 0 Å².